The van der Waals surface area contributed by atoms with Crippen LogP contribution in [0.25, 0.3) is 0 Å². The Morgan fingerprint density at radius 3 is 1.43 bits per heavy atom. The topological polar surface area (TPSA) is 105 Å². The molecule has 0 aliphatic carbocycles. The number of methoxy groups -OCH3 is 4. The molecule has 0 aliphatic rings. The molecule has 0 spiro atoms. The fraction of sp³-hybridized carbons (Fsp3) is 0.333. The van der Waals surface area contributed by atoms with Gasteiger partial charge in [0, 0.05) is 5.57 Å². The molecule has 0 unspecified atom stereocenters. The molecule has 0 bridgehead atoms. The molecule has 0 rings (SSSR count). The molecule has 0 heterocycles. The SMILES string of the molecule is C=C/C(C(=O)OC)=C(C(=O)OC)\C(C(=O)OC)=C(/C)C(=O)OC. The van der Waals surface area contributed by atoms with Crippen molar-refractivity contribution in [1.82, 2.24) is 0 Å². The Balaban J connectivity index is 6.85. The van der Waals surface area contributed by atoms with Crippen LogP contribution in [0.1, 0.15) is 6.92 Å². The first-order chi connectivity index (χ1) is 10.8. The van der Waals surface area contributed by atoms with Crippen molar-refractivity contribution < 1.29 is 38.1 Å². The quantitative estimate of drug-likeness (QED) is 0.300. The zero-order chi connectivity index (χ0) is 18.2. The minimum Gasteiger partial charge on any atom is -0.466 e. The highest BCUT2D eigenvalue weighted by Crippen LogP contribution is 2.24. The molecule has 0 aromatic carbocycles. The molecule has 0 saturated carbocycles. The largest absolute Gasteiger partial charge is 0.466 e. The lowest BCUT2D eigenvalue weighted by molar-refractivity contribution is -0.141. The summed E-state index contributed by atoms with van der Waals surface area (Å²) in [6.45, 7) is 4.64. The van der Waals surface area contributed by atoms with E-state index in [-0.39, 0.29) is 11.1 Å². The van der Waals surface area contributed by atoms with E-state index in [2.05, 4.69) is 25.5 Å². The van der Waals surface area contributed by atoms with Crippen molar-refractivity contribution in [3.05, 3.63) is 34.9 Å². The molecule has 0 N–H and O–H groups in total. The van der Waals surface area contributed by atoms with Gasteiger partial charge in [0.15, 0.2) is 0 Å². The minimum atomic E-state index is -1.05. The second kappa shape index (κ2) is 9.19. The summed E-state index contributed by atoms with van der Waals surface area (Å²) in [5, 5.41) is 0. The highest BCUT2D eigenvalue weighted by atomic mass is 16.5. The van der Waals surface area contributed by atoms with Crippen molar-refractivity contribution in [2.75, 3.05) is 28.4 Å². The number of rotatable bonds is 6. The lowest BCUT2D eigenvalue weighted by atomic mass is 9.95. The van der Waals surface area contributed by atoms with Gasteiger partial charge in [-0.05, 0) is 6.92 Å². The predicted molar refractivity (Wildman–Crippen MR) is 78.0 cm³/mol. The molecule has 0 atom stereocenters. The first kappa shape index (κ1) is 20.1. The van der Waals surface area contributed by atoms with Crippen LogP contribution < -0.4 is 0 Å². The van der Waals surface area contributed by atoms with E-state index in [9.17, 15) is 19.2 Å². The van der Waals surface area contributed by atoms with E-state index in [1.54, 1.807) is 0 Å². The lowest BCUT2D eigenvalue weighted by Crippen LogP contribution is -2.23. The third kappa shape index (κ3) is 4.53. The van der Waals surface area contributed by atoms with E-state index in [4.69, 9.17) is 0 Å². The van der Waals surface area contributed by atoms with E-state index in [0.29, 0.717) is 0 Å². The zero-order valence-electron chi connectivity index (χ0n) is 13.6. The van der Waals surface area contributed by atoms with Crippen molar-refractivity contribution in [3.8, 4) is 0 Å². The molecule has 0 fully saturated rings. The number of carbonyl (C=O) groups is 4. The molecule has 0 aromatic heterocycles. The highest BCUT2D eigenvalue weighted by molar-refractivity contribution is 6.15. The van der Waals surface area contributed by atoms with Crippen LogP contribution in [0.2, 0.25) is 0 Å². The van der Waals surface area contributed by atoms with E-state index in [1.165, 1.54) is 6.92 Å². The fourth-order valence-corrected chi connectivity index (χ4v) is 1.65. The summed E-state index contributed by atoms with van der Waals surface area (Å²) in [4.78, 5) is 47.7. The molecule has 0 saturated heterocycles. The van der Waals surface area contributed by atoms with Gasteiger partial charge >= 0.3 is 23.9 Å². The molecular weight excluding hydrogens is 308 g/mol. The van der Waals surface area contributed by atoms with Crippen LogP contribution in [0.3, 0.4) is 0 Å². The van der Waals surface area contributed by atoms with E-state index in [0.717, 1.165) is 34.5 Å². The standard InChI is InChI=1S/C15H18O8/c1-7-9(13(17)21-4)11(15(19)23-6)10(14(18)22-5)8(2)12(16)20-3/h7H,1H2,2-6H3/b10-8-,11-9-. The zero-order valence-corrected chi connectivity index (χ0v) is 13.6. The van der Waals surface area contributed by atoms with Crippen LogP contribution in [0.4, 0.5) is 0 Å². The Labute approximate surface area is 133 Å². The van der Waals surface area contributed by atoms with Gasteiger partial charge < -0.3 is 18.9 Å². The van der Waals surface area contributed by atoms with Gasteiger partial charge in [-0.2, -0.15) is 0 Å². The van der Waals surface area contributed by atoms with Crippen LogP contribution in [0, 0.1) is 0 Å². The smallest absolute Gasteiger partial charge is 0.339 e. The van der Waals surface area contributed by atoms with Crippen molar-refractivity contribution in [3.63, 3.8) is 0 Å². The summed E-state index contributed by atoms with van der Waals surface area (Å²) >= 11 is 0. The van der Waals surface area contributed by atoms with Gasteiger partial charge in [-0.3, -0.25) is 0 Å². The number of hydrogen-bond donors (Lipinski definition) is 0. The maximum absolute atomic E-state index is 12.1. The summed E-state index contributed by atoms with van der Waals surface area (Å²) in [6.07, 6.45) is 1.01. The minimum absolute atomic E-state index is 0.247. The first-order valence-electron chi connectivity index (χ1n) is 6.21. The van der Waals surface area contributed by atoms with Gasteiger partial charge in [0.05, 0.1) is 45.2 Å². The molecule has 0 amide bonds. The third-order valence-corrected chi connectivity index (χ3v) is 2.77. The number of esters is 4. The van der Waals surface area contributed by atoms with Gasteiger partial charge in [0.1, 0.15) is 0 Å². The van der Waals surface area contributed by atoms with Gasteiger partial charge in [-0.25, -0.2) is 19.2 Å². The van der Waals surface area contributed by atoms with Crippen molar-refractivity contribution in [2.45, 2.75) is 6.92 Å². The Hall–Kier alpha value is -2.90. The average Bonchev–Trinajstić information content (AvgIpc) is 2.58. The summed E-state index contributed by atoms with van der Waals surface area (Å²) in [5.74, 6) is -3.91. The maximum atomic E-state index is 12.1. The van der Waals surface area contributed by atoms with Crippen LogP contribution in [0.15, 0.2) is 34.9 Å². The molecule has 0 aromatic rings. The maximum Gasteiger partial charge on any atom is 0.339 e. The van der Waals surface area contributed by atoms with Crippen LogP contribution in [-0.4, -0.2) is 52.3 Å². The second-order valence-electron chi connectivity index (χ2n) is 3.96. The molecule has 0 radical (unpaired) electrons. The second-order valence-corrected chi connectivity index (χ2v) is 3.96. The van der Waals surface area contributed by atoms with Gasteiger partial charge in [-0.15, -0.1) is 0 Å². The number of carbonyl (C=O) groups excluding carboxylic acids is 4. The Kier molecular flexibility index (Phi) is 8.03. The molecule has 23 heavy (non-hydrogen) atoms. The van der Waals surface area contributed by atoms with E-state index in [1.807, 2.05) is 0 Å². The van der Waals surface area contributed by atoms with E-state index < -0.39 is 35.0 Å². The van der Waals surface area contributed by atoms with Crippen LogP contribution >= 0.6 is 0 Å². The van der Waals surface area contributed by atoms with Crippen LogP contribution in [0.5, 0.6) is 0 Å². The number of hydrogen-bond acceptors (Lipinski definition) is 8. The predicted octanol–water partition coefficient (Wildman–Crippen LogP) is 0.477. The van der Waals surface area contributed by atoms with Crippen LogP contribution in [-0.2, 0) is 38.1 Å². The normalized spacial score (nSPS) is 12.2. The van der Waals surface area contributed by atoms with Crippen molar-refractivity contribution >= 4 is 23.9 Å². The van der Waals surface area contributed by atoms with Crippen molar-refractivity contribution in [2.24, 2.45) is 0 Å². The summed E-state index contributed by atoms with van der Waals surface area (Å²) in [7, 11) is 4.27. The van der Waals surface area contributed by atoms with Gasteiger partial charge in [0.25, 0.3) is 0 Å². The Bertz CT molecular complexity index is 595. The monoisotopic (exact) mass is 326 g/mol. The summed E-state index contributed by atoms with van der Waals surface area (Å²) < 4.78 is 18.2. The molecule has 8 heteroatoms. The molecule has 126 valence electrons. The van der Waals surface area contributed by atoms with E-state index >= 15 is 0 Å². The van der Waals surface area contributed by atoms with Gasteiger partial charge in [0.2, 0.25) is 0 Å². The lowest BCUT2D eigenvalue weighted by Gasteiger charge is -2.14. The van der Waals surface area contributed by atoms with Gasteiger partial charge in [-0.1, -0.05) is 12.7 Å². The fourth-order valence-electron chi connectivity index (χ4n) is 1.65. The molecular formula is C15H18O8. The van der Waals surface area contributed by atoms with Crippen molar-refractivity contribution in [1.29, 1.82) is 0 Å². The highest BCUT2D eigenvalue weighted by Gasteiger charge is 2.32. The summed E-state index contributed by atoms with van der Waals surface area (Å²) in [5.41, 5.74) is -1.60. The third-order valence-electron chi connectivity index (χ3n) is 2.77. The summed E-state index contributed by atoms with van der Waals surface area (Å²) in [6, 6.07) is 0. The first-order valence-corrected chi connectivity index (χ1v) is 6.21. The average molecular weight is 326 g/mol. The number of ether oxygens (including phenoxy) is 4. The Morgan fingerprint density at radius 2 is 1.09 bits per heavy atom. The Morgan fingerprint density at radius 1 is 0.696 bits per heavy atom. The molecule has 8 nitrogen and oxygen atoms in total. The molecule has 0 aliphatic heterocycles.